The van der Waals surface area contributed by atoms with Crippen LogP contribution in [0.4, 0.5) is 43.9 Å². The van der Waals surface area contributed by atoms with Gasteiger partial charge in [-0.1, -0.05) is 0 Å². The average molecular weight is 418 g/mol. The van der Waals surface area contributed by atoms with E-state index in [1.807, 2.05) is 0 Å². The zero-order valence-corrected chi connectivity index (χ0v) is 12.5. The van der Waals surface area contributed by atoms with Crippen LogP contribution < -0.4 is 4.74 Å². The van der Waals surface area contributed by atoms with Gasteiger partial charge in [0.1, 0.15) is 5.75 Å². The fourth-order valence-corrected chi connectivity index (χ4v) is 1.88. The Hall–Kier alpha value is -1.99. The smallest absolute Gasteiger partial charge is 0.422 e. The lowest BCUT2D eigenvalue weighted by Crippen LogP contribution is -2.46. The standard InChI is InChI=1S/C12H4F10O3S/c13-9(14,11(17,18)19)7(23)25-5-1-3-6(4-2-5)26-8(24)10(15,16)12(20,21)22/h1-4H. The van der Waals surface area contributed by atoms with Gasteiger partial charge in [0, 0.05) is 4.90 Å². The molecule has 0 spiro atoms. The SMILES string of the molecule is O=C(Oc1ccc(SC(=O)C(F)(F)C(F)(F)F)cc1)C(F)(F)C(F)(F)F. The molecule has 0 saturated carbocycles. The molecule has 0 aliphatic rings. The average Bonchev–Trinajstić information content (AvgIpc) is 2.46. The number of carbonyl (C=O) groups excluding carboxylic acids is 2. The Kier molecular flexibility index (Phi) is 5.91. The van der Waals surface area contributed by atoms with Crippen LogP contribution in [-0.2, 0) is 9.59 Å². The van der Waals surface area contributed by atoms with E-state index in [4.69, 9.17) is 0 Å². The number of carbonyl (C=O) groups is 2. The lowest BCUT2D eigenvalue weighted by Gasteiger charge is -2.18. The van der Waals surface area contributed by atoms with Gasteiger partial charge in [-0.05, 0) is 36.0 Å². The Morgan fingerprint density at radius 3 is 1.54 bits per heavy atom. The highest BCUT2D eigenvalue weighted by Crippen LogP contribution is 2.41. The second kappa shape index (κ2) is 6.96. The van der Waals surface area contributed by atoms with Crippen molar-refractivity contribution in [1.82, 2.24) is 0 Å². The first kappa shape index (κ1) is 22.1. The molecule has 0 fully saturated rings. The van der Waals surface area contributed by atoms with Crippen LogP contribution in [0.5, 0.6) is 5.75 Å². The highest BCUT2D eigenvalue weighted by atomic mass is 32.2. The molecule has 0 amide bonds. The Morgan fingerprint density at radius 2 is 1.15 bits per heavy atom. The van der Waals surface area contributed by atoms with Gasteiger partial charge in [0.25, 0.3) is 5.12 Å². The molecule has 1 rings (SSSR count). The summed E-state index contributed by atoms with van der Waals surface area (Å²) in [7, 11) is 0. The van der Waals surface area contributed by atoms with E-state index in [0.717, 1.165) is 0 Å². The van der Waals surface area contributed by atoms with Crippen molar-refractivity contribution in [1.29, 1.82) is 0 Å². The van der Waals surface area contributed by atoms with Gasteiger partial charge >= 0.3 is 30.2 Å². The van der Waals surface area contributed by atoms with E-state index in [1.165, 1.54) is 0 Å². The quantitative estimate of drug-likeness (QED) is 0.310. The van der Waals surface area contributed by atoms with Gasteiger partial charge in [-0.2, -0.15) is 43.9 Å². The summed E-state index contributed by atoms with van der Waals surface area (Å²) in [4.78, 5) is 21.2. The molecule has 0 saturated heterocycles. The molecule has 3 nitrogen and oxygen atoms in total. The molecule has 0 atom stereocenters. The first-order chi connectivity index (χ1) is 11.5. The van der Waals surface area contributed by atoms with Crippen molar-refractivity contribution in [3.8, 4) is 5.75 Å². The van der Waals surface area contributed by atoms with Crippen molar-refractivity contribution < 1.29 is 58.2 Å². The minimum atomic E-state index is -6.23. The number of esters is 1. The third-order valence-corrected chi connectivity index (χ3v) is 3.42. The van der Waals surface area contributed by atoms with E-state index in [2.05, 4.69) is 4.74 Å². The van der Waals surface area contributed by atoms with Gasteiger partial charge in [-0.25, -0.2) is 4.79 Å². The van der Waals surface area contributed by atoms with E-state index in [1.54, 1.807) is 0 Å². The highest BCUT2D eigenvalue weighted by Gasteiger charge is 2.65. The summed E-state index contributed by atoms with van der Waals surface area (Å²) in [5, 5.41) is -2.60. The van der Waals surface area contributed by atoms with E-state index in [0.29, 0.717) is 24.3 Å². The zero-order chi connectivity index (χ0) is 20.6. The molecule has 1 aromatic rings. The van der Waals surface area contributed by atoms with Gasteiger partial charge < -0.3 is 4.74 Å². The Labute approximate surface area is 141 Å². The number of halogens is 10. The topological polar surface area (TPSA) is 43.4 Å². The summed E-state index contributed by atoms with van der Waals surface area (Å²) >= 11 is -0.563. The number of alkyl halides is 10. The molecule has 0 aliphatic heterocycles. The van der Waals surface area contributed by atoms with E-state index < -0.39 is 57.7 Å². The maximum Gasteiger partial charge on any atom is 0.465 e. The molecule has 0 unspecified atom stereocenters. The molecule has 0 heterocycles. The van der Waals surface area contributed by atoms with Gasteiger partial charge in [-0.15, -0.1) is 0 Å². The maximum atomic E-state index is 12.7. The van der Waals surface area contributed by atoms with Crippen molar-refractivity contribution in [2.24, 2.45) is 0 Å². The Bertz CT molecular complexity index is 619. The van der Waals surface area contributed by atoms with Crippen LogP contribution in [0.1, 0.15) is 0 Å². The molecular formula is C12H4F10O3S. The monoisotopic (exact) mass is 418 g/mol. The molecule has 0 bridgehead atoms. The molecule has 0 N–H and O–H groups in total. The predicted molar refractivity (Wildman–Crippen MR) is 64.9 cm³/mol. The minimum Gasteiger partial charge on any atom is -0.422 e. The van der Waals surface area contributed by atoms with Crippen LogP contribution in [-0.4, -0.2) is 35.3 Å². The first-order valence-electron chi connectivity index (χ1n) is 5.94. The summed E-state index contributed by atoms with van der Waals surface area (Å²) in [6.07, 6.45) is -12.4. The van der Waals surface area contributed by atoms with Crippen LogP contribution >= 0.6 is 11.8 Å². The molecule has 1 aromatic carbocycles. The maximum absolute atomic E-state index is 12.7. The number of hydrogen-bond acceptors (Lipinski definition) is 4. The van der Waals surface area contributed by atoms with Crippen molar-refractivity contribution in [3.05, 3.63) is 24.3 Å². The van der Waals surface area contributed by atoms with Crippen molar-refractivity contribution >= 4 is 22.8 Å². The summed E-state index contributed by atoms with van der Waals surface area (Å²) in [5.74, 6) is -15.4. The third kappa shape index (κ3) is 4.59. The fraction of sp³-hybridized carbons (Fsp3) is 0.333. The number of hydrogen-bond donors (Lipinski definition) is 0. The minimum absolute atomic E-state index is 0.520. The van der Waals surface area contributed by atoms with E-state index in [-0.39, 0.29) is 0 Å². The Morgan fingerprint density at radius 1 is 0.731 bits per heavy atom. The van der Waals surface area contributed by atoms with Crippen LogP contribution in [0.2, 0.25) is 0 Å². The zero-order valence-electron chi connectivity index (χ0n) is 11.7. The third-order valence-electron chi connectivity index (χ3n) is 2.47. The largest absolute Gasteiger partial charge is 0.465 e. The second-order valence-electron chi connectivity index (χ2n) is 4.39. The first-order valence-corrected chi connectivity index (χ1v) is 6.75. The normalized spacial score (nSPS) is 13.5. The molecule has 146 valence electrons. The lowest BCUT2D eigenvalue weighted by atomic mass is 10.3. The number of ether oxygens (including phenoxy) is 1. The summed E-state index contributed by atoms with van der Waals surface area (Å²) in [5.41, 5.74) is 0. The molecule has 0 aromatic heterocycles. The fourth-order valence-electron chi connectivity index (χ4n) is 1.15. The van der Waals surface area contributed by atoms with Gasteiger partial charge in [0.2, 0.25) is 0 Å². The van der Waals surface area contributed by atoms with Crippen LogP contribution in [0.25, 0.3) is 0 Å². The second-order valence-corrected chi connectivity index (χ2v) is 5.44. The Balaban J connectivity index is 2.85. The van der Waals surface area contributed by atoms with Crippen molar-refractivity contribution in [2.45, 2.75) is 29.1 Å². The summed E-state index contributed by atoms with van der Waals surface area (Å²) in [6.45, 7) is 0. The number of thioether (sulfide) groups is 1. The van der Waals surface area contributed by atoms with Crippen molar-refractivity contribution in [3.63, 3.8) is 0 Å². The molecule has 0 aliphatic carbocycles. The van der Waals surface area contributed by atoms with Crippen LogP contribution in [0.15, 0.2) is 29.2 Å². The van der Waals surface area contributed by atoms with Gasteiger partial charge in [0.05, 0.1) is 0 Å². The molecule has 14 heteroatoms. The van der Waals surface area contributed by atoms with E-state index >= 15 is 0 Å². The number of rotatable bonds is 4. The van der Waals surface area contributed by atoms with Crippen molar-refractivity contribution in [2.75, 3.05) is 0 Å². The lowest BCUT2D eigenvalue weighted by molar-refractivity contribution is -0.276. The molecule has 26 heavy (non-hydrogen) atoms. The van der Waals surface area contributed by atoms with Crippen LogP contribution in [0.3, 0.4) is 0 Å². The predicted octanol–water partition coefficient (Wildman–Crippen LogP) is 4.61. The molecule has 0 radical (unpaired) electrons. The van der Waals surface area contributed by atoms with Gasteiger partial charge in [0.15, 0.2) is 0 Å². The highest BCUT2D eigenvalue weighted by molar-refractivity contribution is 8.13. The summed E-state index contributed by atoms with van der Waals surface area (Å²) < 4.78 is 126. The number of benzene rings is 1. The van der Waals surface area contributed by atoms with E-state index in [9.17, 15) is 53.5 Å². The molecular weight excluding hydrogens is 414 g/mol. The van der Waals surface area contributed by atoms with Crippen LogP contribution in [0, 0.1) is 0 Å². The van der Waals surface area contributed by atoms with Gasteiger partial charge in [-0.3, -0.25) is 4.79 Å². The summed E-state index contributed by atoms with van der Waals surface area (Å²) in [6, 6.07) is 2.24.